The number of fused-ring (bicyclic) bond motifs is 1. The van der Waals surface area contributed by atoms with E-state index in [-0.39, 0.29) is 17.7 Å². The van der Waals surface area contributed by atoms with Crippen molar-refractivity contribution in [2.75, 3.05) is 0 Å². The molecule has 23 heavy (non-hydrogen) atoms. The predicted octanol–water partition coefficient (Wildman–Crippen LogP) is 3.66. The second-order valence-corrected chi connectivity index (χ2v) is 6.73. The number of nitrogens with two attached hydrogens (primary N) is 1. The first-order valence-corrected chi connectivity index (χ1v) is 8.54. The zero-order chi connectivity index (χ0) is 15.8. The predicted molar refractivity (Wildman–Crippen MR) is 88.6 cm³/mol. The number of aromatic nitrogens is 2. The Balaban J connectivity index is 1.89. The lowest BCUT2D eigenvalue weighted by Gasteiger charge is -2.30. The van der Waals surface area contributed by atoms with Crippen molar-refractivity contribution >= 4 is 11.3 Å². The van der Waals surface area contributed by atoms with Gasteiger partial charge in [-0.1, -0.05) is 18.2 Å². The Labute approximate surface area is 138 Å². The number of thiophene rings is 1. The fraction of sp³-hybridized carbons (Fsp3) is 0.294. The summed E-state index contributed by atoms with van der Waals surface area (Å²) in [6, 6.07) is 6.31. The minimum absolute atomic E-state index is 0.101. The van der Waals surface area contributed by atoms with Crippen LogP contribution in [0.25, 0.3) is 10.6 Å². The molecule has 0 unspecified atom stereocenters. The molecule has 1 aliphatic carbocycles. The van der Waals surface area contributed by atoms with Gasteiger partial charge in [0, 0.05) is 5.92 Å². The van der Waals surface area contributed by atoms with Crippen molar-refractivity contribution in [3.05, 3.63) is 46.7 Å². The number of aromatic amines is 1. The Kier molecular flexibility index (Phi) is 3.43. The minimum atomic E-state index is -0.101. The van der Waals surface area contributed by atoms with Crippen LogP contribution in [0.4, 0.5) is 0 Å². The van der Waals surface area contributed by atoms with E-state index in [2.05, 4.69) is 28.4 Å². The second-order valence-electron chi connectivity index (χ2n) is 5.79. The molecule has 3 N–H and O–H groups in total. The molecular formula is C17H16N4OS. The summed E-state index contributed by atoms with van der Waals surface area (Å²) in [7, 11) is 0. The van der Waals surface area contributed by atoms with E-state index in [0.717, 1.165) is 35.4 Å². The fourth-order valence-corrected chi connectivity index (χ4v) is 4.17. The van der Waals surface area contributed by atoms with Crippen LogP contribution < -0.4 is 10.5 Å². The quantitative estimate of drug-likeness (QED) is 0.825. The van der Waals surface area contributed by atoms with Crippen LogP contribution in [0.1, 0.15) is 30.7 Å². The number of ether oxygens (including phenoxy) is 1. The van der Waals surface area contributed by atoms with Crippen molar-refractivity contribution in [1.29, 1.82) is 5.26 Å². The van der Waals surface area contributed by atoms with Crippen LogP contribution in [0.2, 0.25) is 0 Å². The minimum Gasteiger partial charge on any atom is -0.420 e. The molecule has 0 spiro atoms. The van der Waals surface area contributed by atoms with Gasteiger partial charge in [0.25, 0.3) is 0 Å². The molecule has 2 aromatic rings. The first-order valence-electron chi connectivity index (χ1n) is 7.66. The molecule has 6 heteroatoms. The molecule has 3 heterocycles. The van der Waals surface area contributed by atoms with Gasteiger partial charge < -0.3 is 10.5 Å². The topological polar surface area (TPSA) is 87.7 Å². The van der Waals surface area contributed by atoms with E-state index >= 15 is 0 Å². The van der Waals surface area contributed by atoms with E-state index in [1.54, 1.807) is 11.3 Å². The van der Waals surface area contributed by atoms with Gasteiger partial charge in [-0.2, -0.15) is 5.26 Å². The van der Waals surface area contributed by atoms with Gasteiger partial charge in [-0.25, -0.2) is 0 Å². The Bertz CT molecular complexity index is 825. The molecule has 5 nitrogen and oxygen atoms in total. The fourth-order valence-electron chi connectivity index (χ4n) is 3.43. The smallest absolute Gasteiger partial charge is 0.244 e. The van der Waals surface area contributed by atoms with Crippen LogP contribution in [0.3, 0.4) is 0 Å². The average molecular weight is 324 g/mol. The standard InChI is InChI=1S/C17H16N4OS/c18-9-11-13(10-5-2-1-3-6-10)14-15(12-7-4-8-23-12)20-21-17(14)22-16(11)19/h2,4-5,7-8,10,13H,1,3,6,19H2,(H,20,21)/t10-,13-/m1/s1. The number of hydrogen-bond donors (Lipinski definition) is 2. The van der Waals surface area contributed by atoms with Crippen molar-refractivity contribution < 1.29 is 4.74 Å². The van der Waals surface area contributed by atoms with Crippen molar-refractivity contribution in [3.63, 3.8) is 0 Å². The SMILES string of the molecule is N#CC1=C(N)Oc2n[nH]c(-c3cccs3)c2[C@@H]1[C@@H]1C=CCCC1. The summed E-state index contributed by atoms with van der Waals surface area (Å²) in [4.78, 5) is 1.09. The molecule has 0 bridgehead atoms. The summed E-state index contributed by atoms with van der Waals surface area (Å²) in [5.74, 6) is 0.814. The molecule has 2 aliphatic rings. The molecule has 1 aliphatic heterocycles. The van der Waals surface area contributed by atoms with Gasteiger partial charge in [-0.3, -0.25) is 5.10 Å². The van der Waals surface area contributed by atoms with Crippen LogP contribution in [0, 0.1) is 17.2 Å². The van der Waals surface area contributed by atoms with E-state index in [1.807, 2.05) is 17.5 Å². The Morgan fingerprint density at radius 2 is 2.39 bits per heavy atom. The Morgan fingerprint density at radius 3 is 3.09 bits per heavy atom. The van der Waals surface area contributed by atoms with E-state index < -0.39 is 0 Å². The Hall–Kier alpha value is -2.52. The maximum atomic E-state index is 9.63. The summed E-state index contributed by atoms with van der Waals surface area (Å²) in [6.07, 6.45) is 7.65. The highest BCUT2D eigenvalue weighted by molar-refractivity contribution is 7.13. The molecule has 2 aromatic heterocycles. The van der Waals surface area contributed by atoms with Gasteiger partial charge in [0.2, 0.25) is 11.8 Å². The number of allylic oxidation sites excluding steroid dienone is 3. The van der Waals surface area contributed by atoms with Crippen LogP contribution in [0.5, 0.6) is 5.88 Å². The zero-order valence-corrected chi connectivity index (χ0v) is 13.3. The van der Waals surface area contributed by atoms with Crippen molar-refractivity contribution in [2.45, 2.75) is 25.2 Å². The number of nitrogens with zero attached hydrogens (tertiary/aromatic N) is 2. The number of nitrogens with one attached hydrogen (secondary N) is 1. The van der Waals surface area contributed by atoms with Crippen LogP contribution in [0.15, 0.2) is 41.1 Å². The number of nitriles is 1. The third kappa shape index (κ3) is 2.25. The third-order valence-corrected chi connectivity index (χ3v) is 5.36. The van der Waals surface area contributed by atoms with Crippen molar-refractivity contribution in [1.82, 2.24) is 10.2 Å². The maximum absolute atomic E-state index is 9.63. The highest BCUT2D eigenvalue weighted by atomic mass is 32.1. The number of hydrogen-bond acceptors (Lipinski definition) is 5. The van der Waals surface area contributed by atoms with Crippen LogP contribution >= 0.6 is 11.3 Å². The molecule has 0 amide bonds. The van der Waals surface area contributed by atoms with Crippen LogP contribution in [-0.2, 0) is 0 Å². The van der Waals surface area contributed by atoms with Gasteiger partial charge in [-0.05, 0) is 36.6 Å². The summed E-state index contributed by atoms with van der Waals surface area (Å²) >= 11 is 1.64. The normalized spacial score (nSPS) is 23.3. The second kappa shape index (κ2) is 5.60. The van der Waals surface area contributed by atoms with E-state index in [4.69, 9.17) is 10.5 Å². The molecule has 116 valence electrons. The number of H-pyrrole nitrogens is 1. The van der Waals surface area contributed by atoms with Gasteiger partial charge in [0.15, 0.2) is 0 Å². The molecule has 4 rings (SSSR count). The summed E-state index contributed by atoms with van der Waals surface area (Å²) in [6.45, 7) is 0. The van der Waals surface area contributed by atoms with Gasteiger partial charge in [-0.15, -0.1) is 16.4 Å². The zero-order valence-electron chi connectivity index (χ0n) is 12.5. The molecule has 0 aromatic carbocycles. The lowest BCUT2D eigenvalue weighted by atomic mass is 9.75. The summed E-state index contributed by atoms with van der Waals surface area (Å²) in [5, 5.41) is 19.0. The van der Waals surface area contributed by atoms with Gasteiger partial charge >= 0.3 is 0 Å². The largest absolute Gasteiger partial charge is 0.420 e. The molecule has 2 atom stereocenters. The lowest BCUT2D eigenvalue weighted by molar-refractivity contribution is 0.355. The number of rotatable bonds is 2. The molecular weight excluding hydrogens is 308 g/mol. The van der Waals surface area contributed by atoms with E-state index in [0.29, 0.717) is 11.5 Å². The summed E-state index contributed by atoms with van der Waals surface area (Å²) in [5.41, 5.74) is 8.38. The Morgan fingerprint density at radius 1 is 1.48 bits per heavy atom. The van der Waals surface area contributed by atoms with Gasteiger partial charge in [0.05, 0.1) is 21.7 Å². The monoisotopic (exact) mass is 324 g/mol. The lowest BCUT2D eigenvalue weighted by Crippen LogP contribution is -2.25. The van der Waals surface area contributed by atoms with E-state index in [1.165, 1.54) is 0 Å². The van der Waals surface area contributed by atoms with Crippen molar-refractivity contribution in [3.8, 4) is 22.5 Å². The third-order valence-electron chi connectivity index (χ3n) is 4.47. The first-order chi connectivity index (χ1) is 11.3. The van der Waals surface area contributed by atoms with Gasteiger partial charge in [0.1, 0.15) is 6.07 Å². The highest BCUT2D eigenvalue weighted by Crippen LogP contribution is 2.48. The highest BCUT2D eigenvalue weighted by Gasteiger charge is 2.38. The molecule has 0 radical (unpaired) electrons. The van der Waals surface area contributed by atoms with Crippen molar-refractivity contribution in [2.24, 2.45) is 11.7 Å². The molecule has 0 saturated carbocycles. The van der Waals surface area contributed by atoms with Crippen LogP contribution in [-0.4, -0.2) is 10.2 Å². The maximum Gasteiger partial charge on any atom is 0.244 e. The first kappa shape index (κ1) is 14.1. The average Bonchev–Trinajstić information content (AvgIpc) is 3.23. The molecule has 0 fully saturated rings. The summed E-state index contributed by atoms with van der Waals surface area (Å²) < 4.78 is 5.61. The van der Waals surface area contributed by atoms with E-state index in [9.17, 15) is 5.26 Å². The molecule has 0 saturated heterocycles.